The van der Waals surface area contributed by atoms with E-state index in [2.05, 4.69) is 160 Å². The fraction of sp³-hybridized carbons (Fsp3) is 0.267. The van der Waals surface area contributed by atoms with Crippen molar-refractivity contribution in [2.24, 2.45) is 0 Å². The zero-order valence-corrected chi connectivity index (χ0v) is 42.5. The summed E-state index contributed by atoms with van der Waals surface area (Å²) in [6.45, 7) is 5.51. The van der Waals surface area contributed by atoms with Gasteiger partial charge in [-0.05, 0) is 114 Å². The Labute approximate surface area is 429 Å². The molecule has 6 heterocycles. The molecular weight excluding hydrogens is 931 g/mol. The van der Waals surface area contributed by atoms with Crippen molar-refractivity contribution in [1.82, 2.24) is 30.3 Å². The zero-order valence-electron chi connectivity index (χ0n) is 40.9. The lowest BCUT2D eigenvalue weighted by atomic mass is 10.1. The van der Waals surface area contributed by atoms with Crippen LogP contribution in [0.3, 0.4) is 0 Å². The van der Waals surface area contributed by atoms with Gasteiger partial charge < -0.3 is 14.7 Å². The Kier molecular flexibility index (Phi) is 15.2. The molecule has 0 unspecified atom stereocenters. The minimum Gasteiger partial charge on any atom is -0.311 e. The average Bonchev–Trinajstić information content (AvgIpc) is 4.28. The van der Waals surface area contributed by atoms with Gasteiger partial charge in [0.1, 0.15) is 5.69 Å². The smallest absolute Gasteiger partial charge is 0.261 e. The fourth-order valence-corrected chi connectivity index (χ4v) is 11.7. The SMILES string of the molecule is CCCCCCCCN1C(=O)C2=C(c3ccc(-c4nncc5nonc45)s3)N(CCCCCCCC)C(=O)C2=C1c1ccc(-c2ccc(C#Cc3ccc(N(c4ccccc4)c4ccccc4)cc3)cc2)s1. The highest BCUT2D eigenvalue weighted by Gasteiger charge is 2.49. The van der Waals surface area contributed by atoms with Gasteiger partial charge in [0.2, 0.25) is 0 Å². The first-order chi connectivity index (χ1) is 35.5. The number of benzene rings is 4. The molecule has 72 heavy (non-hydrogen) atoms. The molecule has 4 aromatic heterocycles. The highest BCUT2D eigenvalue weighted by atomic mass is 32.1. The first-order valence-electron chi connectivity index (χ1n) is 25.4. The molecule has 0 saturated carbocycles. The van der Waals surface area contributed by atoms with Crippen molar-refractivity contribution in [2.45, 2.75) is 90.9 Å². The van der Waals surface area contributed by atoms with Crippen molar-refractivity contribution in [3.8, 4) is 32.9 Å². The van der Waals surface area contributed by atoms with Crippen molar-refractivity contribution < 1.29 is 14.2 Å². The molecule has 10 nitrogen and oxygen atoms in total. The Balaban J connectivity index is 0.943. The summed E-state index contributed by atoms with van der Waals surface area (Å²) < 4.78 is 5.03. The number of anilines is 3. The van der Waals surface area contributed by atoms with Crippen LogP contribution in [0.15, 0.2) is 155 Å². The van der Waals surface area contributed by atoms with Gasteiger partial charge in [0.05, 0.1) is 43.4 Å². The van der Waals surface area contributed by atoms with E-state index in [1.54, 1.807) is 11.3 Å². The van der Waals surface area contributed by atoms with Gasteiger partial charge in [0.25, 0.3) is 11.8 Å². The maximum atomic E-state index is 15.1. The van der Waals surface area contributed by atoms with Crippen LogP contribution in [0.5, 0.6) is 0 Å². The number of carbonyl (C=O) groups is 2. The van der Waals surface area contributed by atoms with Crippen LogP contribution in [0.4, 0.5) is 17.1 Å². The van der Waals surface area contributed by atoms with Crippen LogP contribution in [-0.4, -0.2) is 55.2 Å². The van der Waals surface area contributed by atoms with Crippen molar-refractivity contribution in [1.29, 1.82) is 0 Å². The fourth-order valence-electron chi connectivity index (χ4n) is 9.60. The minimum absolute atomic E-state index is 0.114. The maximum Gasteiger partial charge on any atom is 0.261 e. The third-order valence-electron chi connectivity index (χ3n) is 13.3. The second-order valence-electron chi connectivity index (χ2n) is 18.3. The largest absolute Gasteiger partial charge is 0.311 e. The standard InChI is InChI=1S/C60H57N7O3S2/c1-3-5-7-9-11-19-39-65-57(53-54(60(65)69)58(66(59(53)68)40-20-12-10-8-6-4-2)52-38-36-50(72-52)56-55-48(41-61-62-56)63-70-64-55)51-37-35-49(71-51)44-31-27-42(28-32-44)25-26-43-29-33-47(34-30-43)67(45-21-15-13-16-22-45)46-23-17-14-18-24-46/h13-18,21-24,27-38,41H,3-12,19-20,39-40H2,1-2H3. The Morgan fingerprint density at radius 2 is 0.986 bits per heavy atom. The number of carbonyl (C=O) groups excluding carboxylic acids is 2. The molecule has 362 valence electrons. The van der Waals surface area contributed by atoms with Crippen molar-refractivity contribution >= 4 is 74.0 Å². The summed E-state index contributed by atoms with van der Waals surface area (Å²) in [6.07, 6.45) is 14.6. The summed E-state index contributed by atoms with van der Waals surface area (Å²) in [5.74, 6) is 6.51. The van der Waals surface area contributed by atoms with Crippen LogP contribution in [-0.2, 0) is 9.59 Å². The monoisotopic (exact) mass is 987 g/mol. The minimum atomic E-state index is -0.114. The van der Waals surface area contributed by atoms with Gasteiger partial charge in [0, 0.05) is 46.2 Å². The van der Waals surface area contributed by atoms with Gasteiger partial charge >= 0.3 is 0 Å². The number of unbranched alkanes of at least 4 members (excludes halogenated alkanes) is 10. The van der Waals surface area contributed by atoms with Gasteiger partial charge in [-0.3, -0.25) is 9.59 Å². The van der Waals surface area contributed by atoms with E-state index in [1.807, 2.05) is 34.1 Å². The van der Waals surface area contributed by atoms with Gasteiger partial charge in [0.15, 0.2) is 11.0 Å². The van der Waals surface area contributed by atoms with Gasteiger partial charge in [-0.25, -0.2) is 4.63 Å². The lowest BCUT2D eigenvalue weighted by molar-refractivity contribution is -0.124. The molecule has 12 heteroatoms. The quantitative estimate of drug-likeness (QED) is 0.0517. The molecule has 2 aliphatic heterocycles. The third-order valence-corrected chi connectivity index (χ3v) is 15.6. The summed E-state index contributed by atoms with van der Waals surface area (Å²) in [4.78, 5) is 39.8. The number of aromatic nitrogens is 4. The molecular formula is C60H57N7O3S2. The van der Waals surface area contributed by atoms with E-state index in [1.165, 1.54) is 56.1 Å². The molecule has 0 atom stereocenters. The van der Waals surface area contributed by atoms with Crippen LogP contribution in [0, 0.1) is 11.8 Å². The zero-order chi connectivity index (χ0) is 49.2. The van der Waals surface area contributed by atoms with Crippen LogP contribution in [0.2, 0.25) is 0 Å². The molecule has 4 aromatic carbocycles. The van der Waals surface area contributed by atoms with Crippen LogP contribution in [0.25, 0.3) is 43.4 Å². The number of hydrogen-bond donors (Lipinski definition) is 0. The van der Waals surface area contributed by atoms with E-state index in [4.69, 9.17) is 4.63 Å². The summed E-state index contributed by atoms with van der Waals surface area (Å²) >= 11 is 3.09. The molecule has 10 rings (SSSR count). The van der Waals surface area contributed by atoms with Gasteiger partial charge in [-0.2, -0.15) is 5.10 Å². The van der Waals surface area contributed by atoms with Crippen LogP contribution >= 0.6 is 22.7 Å². The van der Waals surface area contributed by atoms with E-state index in [-0.39, 0.29) is 11.8 Å². The van der Waals surface area contributed by atoms with Crippen LogP contribution < -0.4 is 4.90 Å². The lowest BCUT2D eigenvalue weighted by Gasteiger charge is -2.25. The van der Waals surface area contributed by atoms with Gasteiger partial charge in [-0.15, -0.1) is 27.8 Å². The third kappa shape index (κ3) is 10.3. The normalized spacial score (nSPS) is 13.4. The first kappa shape index (κ1) is 48.2. The van der Waals surface area contributed by atoms with Gasteiger partial charge in [-0.1, -0.05) is 138 Å². The highest BCUT2D eigenvalue weighted by Crippen LogP contribution is 2.50. The Morgan fingerprint density at radius 3 is 1.54 bits per heavy atom. The Hall–Kier alpha value is -7.46. The van der Waals surface area contributed by atoms with E-state index >= 15 is 9.59 Å². The number of fused-ring (bicyclic) bond motifs is 2. The molecule has 2 amide bonds. The van der Waals surface area contributed by atoms with E-state index in [0.29, 0.717) is 46.7 Å². The molecule has 0 aliphatic carbocycles. The van der Waals surface area contributed by atoms with E-state index in [9.17, 15) is 0 Å². The maximum absolute atomic E-state index is 15.1. The molecule has 8 aromatic rings. The highest BCUT2D eigenvalue weighted by molar-refractivity contribution is 7.17. The van der Waals surface area contributed by atoms with E-state index < -0.39 is 0 Å². The molecule has 0 radical (unpaired) electrons. The summed E-state index contributed by atoms with van der Waals surface area (Å²) in [7, 11) is 0. The van der Waals surface area contributed by atoms with Crippen molar-refractivity contribution in [2.75, 3.05) is 18.0 Å². The van der Waals surface area contributed by atoms with Crippen molar-refractivity contribution in [3.05, 3.63) is 172 Å². The second kappa shape index (κ2) is 22.7. The molecule has 0 bridgehead atoms. The van der Waals surface area contributed by atoms with E-state index in [0.717, 1.165) is 97.5 Å². The number of nitrogens with zero attached hydrogens (tertiary/aromatic N) is 7. The Bertz CT molecular complexity index is 3250. The number of thiophene rings is 2. The number of para-hydroxylation sites is 2. The topological polar surface area (TPSA) is 109 Å². The summed E-state index contributed by atoms with van der Waals surface area (Å²) in [5.41, 5.74) is 10.1. The summed E-state index contributed by atoms with van der Waals surface area (Å²) in [6, 6.07) is 45.6. The lowest BCUT2D eigenvalue weighted by Crippen LogP contribution is -2.30. The molecule has 0 fully saturated rings. The molecule has 0 spiro atoms. The number of rotatable bonds is 21. The first-order valence-corrected chi connectivity index (χ1v) is 27.0. The second-order valence-corrected chi connectivity index (χ2v) is 20.5. The number of hydrogen-bond acceptors (Lipinski definition) is 10. The predicted octanol–water partition coefficient (Wildman–Crippen LogP) is 14.9. The molecule has 0 saturated heterocycles. The molecule has 0 N–H and O–H groups in total. The summed E-state index contributed by atoms with van der Waals surface area (Å²) in [5, 5.41) is 16.6. The van der Waals surface area contributed by atoms with Crippen LogP contribution in [0.1, 0.15) is 112 Å². The number of amides is 2. The molecule has 2 aliphatic rings. The average molecular weight is 988 g/mol. The Morgan fingerprint density at radius 1 is 0.514 bits per heavy atom. The van der Waals surface area contributed by atoms with Crippen molar-refractivity contribution in [3.63, 3.8) is 0 Å². The predicted molar refractivity (Wildman–Crippen MR) is 292 cm³/mol.